The molecule has 126 valence electrons. The van der Waals surface area contributed by atoms with Crippen molar-refractivity contribution in [3.8, 4) is 0 Å². The Bertz CT molecular complexity index is 669. The second-order valence-electron chi connectivity index (χ2n) is 6.58. The molecule has 0 saturated carbocycles. The number of hydrogen-bond donors (Lipinski definition) is 0. The van der Waals surface area contributed by atoms with E-state index in [0.717, 1.165) is 32.2 Å². The number of aromatic nitrogens is 2. The fourth-order valence-corrected chi connectivity index (χ4v) is 4.50. The zero-order valence-corrected chi connectivity index (χ0v) is 14.1. The van der Waals surface area contributed by atoms with E-state index >= 15 is 0 Å². The molecule has 0 aromatic carbocycles. The van der Waals surface area contributed by atoms with Gasteiger partial charge in [-0.05, 0) is 31.1 Å². The van der Waals surface area contributed by atoms with E-state index in [9.17, 15) is 13.2 Å². The monoisotopic (exact) mass is 338 g/mol. The Balaban J connectivity index is 1.68. The molecule has 23 heavy (non-hydrogen) atoms. The molecule has 1 aromatic heterocycles. The van der Waals surface area contributed by atoms with Crippen LogP contribution >= 0.6 is 0 Å². The molecule has 3 rings (SSSR count). The fraction of sp³-hybridized carbons (Fsp3) is 0.667. The standard InChI is InChI=1S/C15H22N4O3S/c1-23(21,22)19-9-4-15(5-10-19)3-2-8-18(12-15)14(20)13-11-16-6-7-17-13/h6-7,11H,2-5,8-10,12H2,1H3. The van der Waals surface area contributed by atoms with E-state index in [1.54, 1.807) is 10.5 Å². The predicted octanol–water partition coefficient (Wildman–Crippen LogP) is 0.754. The van der Waals surface area contributed by atoms with E-state index in [0.29, 0.717) is 25.3 Å². The molecule has 2 saturated heterocycles. The molecule has 8 heteroatoms. The van der Waals surface area contributed by atoms with Crippen molar-refractivity contribution in [3.63, 3.8) is 0 Å². The van der Waals surface area contributed by atoms with Crippen molar-refractivity contribution in [2.45, 2.75) is 25.7 Å². The van der Waals surface area contributed by atoms with Gasteiger partial charge in [-0.2, -0.15) is 0 Å². The number of likely N-dealkylation sites (tertiary alicyclic amines) is 1. The lowest BCUT2D eigenvalue weighted by Crippen LogP contribution is -2.52. The molecule has 0 aliphatic carbocycles. The first kappa shape index (κ1) is 16.3. The van der Waals surface area contributed by atoms with Gasteiger partial charge in [-0.1, -0.05) is 0 Å². The number of hydrogen-bond acceptors (Lipinski definition) is 5. The van der Waals surface area contributed by atoms with Gasteiger partial charge in [0, 0.05) is 38.6 Å². The van der Waals surface area contributed by atoms with Crippen molar-refractivity contribution in [2.24, 2.45) is 5.41 Å². The summed E-state index contributed by atoms with van der Waals surface area (Å²) in [4.78, 5) is 22.5. The first-order valence-corrected chi connectivity index (χ1v) is 9.75. The van der Waals surface area contributed by atoms with E-state index in [1.165, 1.54) is 18.6 Å². The van der Waals surface area contributed by atoms with Crippen molar-refractivity contribution in [3.05, 3.63) is 24.3 Å². The number of carbonyl (C=O) groups excluding carboxylic acids is 1. The van der Waals surface area contributed by atoms with Crippen molar-refractivity contribution < 1.29 is 13.2 Å². The minimum absolute atomic E-state index is 0.0390. The molecule has 3 heterocycles. The van der Waals surface area contributed by atoms with Gasteiger partial charge in [-0.25, -0.2) is 17.7 Å². The first-order valence-electron chi connectivity index (χ1n) is 7.90. The lowest BCUT2D eigenvalue weighted by molar-refractivity contribution is 0.0328. The van der Waals surface area contributed by atoms with Crippen molar-refractivity contribution >= 4 is 15.9 Å². The van der Waals surface area contributed by atoms with Gasteiger partial charge >= 0.3 is 0 Å². The molecule has 1 aromatic rings. The van der Waals surface area contributed by atoms with Crippen molar-refractivity contribution in [1.29, 1.82) is 0 Å². The molecule has 2 fully saturated rings. The number of amides is 1. The van der Waals surface area contributed by atoms with Crippen LogP contribution in [0.2, 0.25) is 0 Å². The van der Waals surface area contributed by atoms with E-state index in [2.05, 4.69) is 9.97 Å². The lowest BCUT2D eigenvalue weighted by Gasteiger charge is -2.47. The highest BCUT2D eigenvalue weighted by Gasteiger charge is 2.41. The second kappa shape index (κ2) is 6.16. The molecule has 0 unspecified atom stereocenters. The molecular formula is C15H22N4O3S. The summed E-state index contributed by atoms with van der Waals surface area (Å²) in [6.45, 7) is 2.50. The first-order chi connectivity index (χ1) is 10.9. The Labute approximate surface area is 136 Å². The summed E-state index contributed by atoms with van der Waals surface area (Å²) in [5.74, 6) is -0.0808. The third-order valence-electron chi connectivity index (χ3n) is 4.98. The molecule has 2 aliphatic rings. The van der Waals surface area contributed by atoms with Crippen molar-refractivity contribution in [1.82, 2.24) is 19.2 Å². The summed E-state index contributed by atoms with van der Waals surface area (Å²) in [5, 5.41) is 0. The molecule has 0 N–H and O–H groups in total. The molecule has 0 radical (unpaired) electrons. The maximum absolute atomic E-state index is 12.6. The molecular weight excluding hydrogens is 316 g/mol. The van der Waals surface area contributed by atoms with Crippen LogP contribution in [0.15, 0.2) is 18.6 Å². The molecule has 0 bridgehead atoms. The summed E-state index contributed by atoms with van der Waals surface area (Å²) in [7, 11) is -3.12. The van der Waals surface area contributed by atoms with Gasteiger partial charge in [0.25, 0.3) is 5.91 Å². The van der Waals surface area contributed by atoms with Crippen LogP contribution in [0.25, 0.3) is 0 Å². The van der Waals surface area contributed by atoms with Gasteiger partial charge in [0.1, 0.15) is 5.69 Å². The third-order valence-corrected chi connectivity index (χ3v) is 6.29. The summed E-state index contributed by atoms with van der Waals surface area (Å²) in [6, 6.07) is 0. The minimum atomic E-state index is -3.12. The molecule has 2 aliphatic heterocycles. The number of carbonyl (C=O) groups is 1. The van der Waals surface area contributed by atoms with E-state index in [1.807, 2.05) is 4.90 Å². The van der Waals surface area contributed by atoms with E-state index < -0.39 is 10.0 Å². The number of sulfonamides is 1. The maximum atomic E-state index is 12.6. The Morgan fingerprint density at radius 3 is 2.52 bits per heavy atom. The highest BCUT2D eigenvalue weighted by atomic mass is 32.2. The van der Waals surface area contributed by atoms with Crippen LogP contribution < -0.4 is 0 Å². The van der Waals surface area contributed by atoms with Crippen molar-refractivity contribution in [2.75, 3.05) is 32.4 Å². The molecule has 0 atom stereocenters. The van der Waals surface area contributed by atoms with Gasteiger partial charge in [-0.3, -0.25) is 9.78 Å². The summed E-state index contributed by atoms with van der Waals surface area (Å²) < 4.78 is 24.9. The van der Waals surface area contributed by atoms with E-state index in [-0.39, 0.29) is 11.3 Å². The van der Waals surface area contributed by atoms with Gasteiger partial charge in [0.05, 0.1) is 12.5 Å². The largest absolute Gasteiger partial charge is 0.337 e. The van der Waals surface area contributed by atoms with Crippen LogP contribution in [0.4, 0.5) is 0 Å². The zero-order valence-electron chi connectivity index (χ0n) is 13.3. The predicted molar refractivity (Wildman–Crippen MR) is 85.3 cm³/mol. The molecule has 1 amide bonds. The van der Waals surface area contributed by atoms with Gasteiger partial charge in [0.15, 0.2) is 0 Å². The Hall–Kier alpha value is -1.54. The van der Waals surface area contributed by atoms with E-state index in [4.69, 9.17) is 0 Å². The Morgan fingerprint density at radius 1 is 1.17 bits per heavy atom. The Morgan fingerprint density at radius 2 is 1.91 bits per heavy atom. The second-order valence-corrected chi connectivity index (χ2v) is 8.57. The Kier molecular flexibility index (Phi) is 4.37. The smallest absolute Gasteiger partial charge is 0.274 e. The lowest BCUT2D eigenvalue weighted by atomic mass is 9.73. The third kappa shape index (κ3) is 3.53. The van der Waals surface area contributed by atoms with Crippen LogP contribution in [0, 0.1) is 5.41 Å². The van der Waals surface area contributed by atoms with Crippen LogP contribution in [0.5, 0.6) is 0 Å². The average Bonchev–Trinajstić information content (AvgIpc) is 2.54. The number of nitrogens with zero attached hydrogens (tertiary/aromatic N) is 4. The van der Waals surface area contributed by atoms with Crippen LogP contribution in [0.3, 0.4) is 0 Å². The van der Waals surface area contributed by atoms with Crippen LogP contribution in [-0.2, 0) is 10.0 Å². The zero-order chi connectivity index (χ0) is 16.5. The summed E-state index contributed by atoms with van der Waals surface area (Å²) in [6.07, 6.45) is 9.45. The minimum Gasteiger partial charge on any atom is -0.337 e. The highest BCUT2D eigenvalue weighted by molar-refractivity contribution is 7.88. The molecule has 1 spiro atoms. The summed E-state index contributed by atoms with van der Waals surface area (Å²) >= 11 is 0. The SMILES string of the molecule is CS(=O)(=O)N1CCC2(CCCN(C(=O)c3cnccn3)C2)CC1. The maximum Gasteiger partial charge on any atom is 0.274 e. The van der Waals surface area contributed by atoms with Gasteiger partial charge < -0.3 is 4.90 Å². The number of rotatable bonds is 2. The average molecular weight is 338 g/mol. The quantitative estimate of drug-likeness (QED) is 0.795. The van der Waals surface area contributed by atoms with Crippen LogP contribution in [0.1, 0.15) is 36.2 Å². The topological polar surface area (TPSA) is 83.5 Å². The van der Waals surface area contributed by atoms with Crippen LogP contribution in [-0.4, -0.2) is 65.9 Å². The highest BCUT2D eigenvalue weighted by Crippen LogP contribution is 2.40. The number of piperidine rings is 2. The fourth-order valence-electron chi connectivity index (χ4n) is 3.65. The van der Waals surface area contributed by atoms with Gasteiger partial charge in [-0.15, -0.1) is 0 Å². The molecule has 7 nitrogen and oxygen atoms in total. The van der Waals surface area contributed by atoms with Gasteiger partial charge in [0.2, 0.25) is 10.0 Å². The normalized spacial score (nSPS) is 22.2. The summed E-state index contributed by atoms with van der Waals surface area (Å²) in [5.41, 5.74) is 0.412.